The molecule has 1 atom stereocenters. The summed E-state index contributed by atoms with van der Waals surface area (Å²) in [5, 5.41) is 11.8. The van der Waals surface area contributed by atoms with Crippen LogP contribution in [-0.2, 0) is 4.74 Å². The number of methoxy groups -OCH3 is 1. The van der Waals surface area contributed by atoms with Crippen molar-refractivity contribution in [3.8, 4) is 11.8 Å². The van der Waals surface area contributed by atoms with E-state index in [9.17, 15) is 4.79 Å². The lowest BCUT2D eigenvalue weighted by Crippen LogP contribution is -2.31. The van der Waals surface area contributed by atoms with Crippen LogP contribution in [0.25, 0.3) is 0 Å². The van der Waals surface area contributed by atoms with Crippen LogP contribution < -0.4 is 10.1 Å². The van der Waals surface area contributed by atoms with Crippen LogP contribution in [0, 0.1) is 11.3 Å². The first kappa shape index (κ1) is 11.3. The highest BCUT2D eigenvalue weighted by Gasteiger charge is 2.20. The number of nitrogens with one attached hydrogen (secondary N) is 1. The van der Waals surface area contributed by atoms with E-state index in [4.69, 9.17) is 10.00 Å². The Balaban J connectivity index is 2.20. The third-order valence-corrected chi connectivity index (χ3v) is 2.54. The fourth-order valence-electron chi connectivity index (χ4n) is 1.68. The Morgan fingerprint density at radius 2 is 2.53 bits per heavy atom. The molecule has 5 nitrogen and oxygen atoms in total. The maximum Gasteiger partial charge on any atom is 0.337 e. The second-order valence-corrected chi connectivity index (χ2v) is 3.72. The number of carbonyl (C=O) groups is 1. The summed E-state index contributed by atoms with van der Waals surface area (Å²) in [5.74, 6) is 0.220. The van der Waals surface area contributed by atoms with Crippen LogP contribution in [-0.4, -0.2) is 25.7 Å². The minimum atomic E-state index is -0.393. The van der Waals surface area contributed by atoms with E-state index in [0.29, 0.717) is 24.3 Å². The highest BCUT2D eigenvalue weighted by atomic mass is 16.5. The third kappa shape index (κ3) is 2.31. The molecule has 17 heavy (non-hydrogen) atoms. The number of nitriles is 1. The second-order valence-electron chi connectivity index (χ2n) is 3.72. The second kappa shape index (κ2) is 4.74. The van der Waals surface area contributed by atoms with Gasteiger partial charge in [0.2, 0.25) is 0 Å². The van der Waals surface area contributed by atoms with Gasteiger partial charge in [0, 0.05) is 0 Å². The number of hydrogen-bond donors (Lipinski definition) is 1. The van der Waals surface area contributed by atoms with Gasteiger partial charge in [0.15, 0.2) is 0 Å². The first-order chi connectivity index (χ1) is 8.24. The van der Waals surface area contributed by atoms with Crippen molar-refractivity contribution < 1.29 is 14.3 Å². The van der Waals surface area contributed by atoms with Crippen molar-refractivity contribution in [3.63, 3.8) is 0 Å². The maximum absolute atomic E-state index is 11.3. The number of rotatable bonds is 2. The minimum Gasteiger partial charge on any atom is -0.489 e. The molecule has 2 rings (SSSR count). The van der Waals surface area contributed by atoms with Crippen LogP contribution in [0.15, 0.2) is 18.2 Å². The van der Waals surface area contributed by atoms with Crippen LogP contribution >= 0.6 is 0 Å². The van der Waals surface area contributed by atoms with Crippen LogP contribution in [0.3, 0.4) is 0 Å². The molecule has 0 fully saturated rings. The fraction of sp³-hybridized carbons (Fsp3) is 0.333. The van der Waals surface area contributed by atoms with Gasteiger partial charge >= 0.3 is 5.97 Å². The van der Waals surface area contributed by atoms with Gasteiger partial charge in [0.05, 0.1) is 36.9 Å². The summed E-state index contributed by atoms with van der Waals surface area (Å²) in [6.07, 6.45) is 0.387. The lowest BCUT2D eigenvalue weighted by molar-refractivity contribution is 0.0600. The average molecular weight is 232 g/mol. The van der Waals surface area contributed by atoms with E-state index >= 15 is 0 Å². The van der Waals surface area contributed by atoms with Gasteiger partial charge in [0.25, 0.3) is 0 Å². The predicted molar refractivity (Wildman–Crippen MR) is 60.9 cm³/mol. The van der Waals surface area contributed by atoms with E-state index in [1.165, 1.54) is 7.11 Å². The molecule has 1 N–H and O–H groups in total. The van der Waals surface area contributed by atoms with E-state index < -0.39 is 5.97 Å². The Morgan fingerprint density at radius 1 is 1.71 bits per heavy atom. The quantitative estimate of drug-likeness (QED) is 0.783. The van der Waals surface area contributed by atoms with Crippen LogP contribution in [0.4, 0.5) is 5.69 Å². The summed E-state index contributed by atoms with van der Waals surface area (Å²) >= 11 is 0. The predicted octanol–water partition coefficient (Wildman–Crippen LogP) is 1.56. The van der Waals surface area contributed by atoms with E-state index in [1.807, 2.05) is 0 Å². The van der Waals surface area contributed by atoms with Crippen molar-refractivity contribution in [1.82, 2.24) is 0 Å². The van der Waals surface area contributed by atoms with Crippen LogP contribution in [0.5, 0.6) is 5.75 Å². The molecule has 0 saturated heterocycles. The molecule has 5 heteroatoms. The van der Waals surface area contributed by atoms with Gasteiger partial charge in [-0.3, -0.25) is 0 Å². The number of benzene rings is 1. The molecular weight excluding hydrogens is 220 g/mol. The standard InChI is InChI=1S/C12H12N2O3/c1-16-12(15)8-2-3-10-11(6-8)17-7-9(14-10)4-5-13/h2-3,6,9,14H,4,7H2,1H3. The van der Waals surface area contributed by atoms with Gasteiger partial charge in [-0.2, -0.15) is 5.26 Å². The molecule has 1 aromatic rings. The van der Waals surface area contributed by atoms with Crippen molar-refractivity contribution in [2.45, 2.75) is 12.5 Å². The monoisotopic (exact) mass is 232 g/mol. The van der Waals surface area contributed by atoms with Gasteiger partial charge in [-0.05, 0) is 18.2 Å². The molecule has 0 aromatic heterocycles. The molecule has 0 amide bonds. The Morgan fingerprint density at radius 3 is 3.24 bits per heavy atom. The largest absolute Gasteiger partial charge is 0.489 e. The zero-order valence-corrected chi connectivity index (χ0v) is 9.40. The summed E-state index contributed by atoms with van der Waals surface area (Å²) in [5.41, 5.74) is 1.25. The molecule has 0 bridgehead atoms. The molecular formula is C12H12N2O3. The Kier molecular flexibility index (Phi) is 3.15. The third-order valence-electron chi connectivity index (χ3n) is 2.54. The smallest absolute Gasteiger partial charge is 0.337 e. The first-order valence-electron chi connectivity index (χ1n) is 5.23. The normalized spacial score (nSPS) is 17.1. The number of anilines is 1. The highest BCUT2D eigenvalue weighted by Crippen LogP contribution is 2.30. The zero-order chi connectivity index (χ0) is 12.3. The van der Waals surface area contributed by atoms with Gasteiger partial charge in [-0.1, -0.05) is 0 Å². The van der Waals surface area contributed by atoms with Crippen molar-refractivity contribution in [1.29, 1.82) is 5.26 Å². The summed E-state index contributed by atoms with van der Waals surface area (Å²) in [6.45, 7) is 0.422. The van der Waals surface area contributed by atoms with Gasteiger partial charge in [0.1, 0.15) is 12.4 Å². The zero-order valence-electron chi connectivity index (χ0n) is 9.40. The van der Waals surface area contributed by atoms with E-state index in [2.05, 4.69) is 16.1 Å². The molecule has 0 aliphatic carbocycles. The summed E-state index contributed by atoms with van der Waals surface area (Å²) in [6, 6.07) is 7.14. The molecule has 1 aromatic carbocycles. The van der Waals surface area contributed by atoms with E-state index in [-0.39, 0.29) is 6.04 Å². The highest BCUT2D eigenvalue weighted by molar-refractivity contribution is 5.90. The molecule has 0 spiro atoms. The Labute approximate surface area is 98.9 Å². The van der Waals surface area contributed by atoms with E-state index in [0.717, 1.165) is 5.69 Å². The van der Waals surface area contributed by atoms with Crippen molar-refractivity contribution in [3.05, 3.63) is 23.8 Å². The molecule has 1 aliphatic heterocycles. The Hall–Kier alpha value is -2.22. The maximum atomic E-state index is 11.3. The SMILES string of the molecule is COC(=O)c1ccc2c(c1)OCC(CC#N)N2. The lowest BCUT2D eigenvalue weighted by atomic mass is 10.1. The number of nitrogens with zero attached hydrogens (tertiary/aromatic N) is 1. The van der Waals surface area contributed by atoms with Gasteiger partial charge in [-0.15, -0.1) is 0 Å². The van der Waals surface area contributed by atoms with Gasteiger partial charge < -0.3 is 14.8 Å². The number of esters is 1. The Bertz CT molecular complexity index is 479. The van der Waals surface area contributed by atoms with E-state index in [1.54, 1.807) is 18.2 Å². The topological polar surface area (TPSA) is 71.3 Å². The fourth-order valence-corrected chi connectivity index (χ4v) is 1.68. The molecule has 0 saturated carbocycles. The summed E-state index contributed by atoms with van der Waals surface area (Å²) in [4.78, 5) is 11.3. The number of fused-ring (bicyclic) bond motifs is 1. The van der Waals surface area contributed by atoms with Crippen molar-refractivity contribution in [2.24, 2.45) is 0 Å². The summed E-state index contributed by atoms with van der Waals surface area (Å²) in [7, 11) is 1.34. The molecule has 1 heterocycles. The van der Waals surface area contributed by atoms with Crippen molar-refractivity contribution in [2.75, 3.05) is 19.0 Å². The van der Waals surface area contributed by atoms with Gasteiger partial charge in [-0.25, -0.2) is 4.79 Å². The molecule has 88 valence electrons. The first-order valence-corrected chi connectivity index (χ1v) is 5.23. The number of ether oxygens (including phenoxy) is 2. The summed E-state index contributed by atoms with van der Waals surface area (Å²) < 4.78 is 10.1. The average Bonchev–Trinajstić information content (AvgIpc) is 2.37. The van der Waals surface area contributed by atoms with Crippen LogP contribution in [0.2, 0.25) is 0 Å². The minimum absolute atomic E-state index is 0.00326. The molecule has 0 radical (unpaired) electrons. The molecule has 1 unspecified atom stereocenters. The van der Waals surface area contributed by atoms with Crippen LogP contribution in [0.1, 0.15) is 16.8 Å². The molecule has 1 aliphatic rings. The number of carbonyl (C=O) groups excluding carboxylic acids is 1. The number of hydrogen-bond acceptors (Lipinski definition) is 5. The van der Waals surface area contributed by atoms with Crippen molar-refractivity contribution >= 4 is 11.7 Å². The lowest BCUT2D eigenvalue weighted by Gasteiger charge is -2.26.